The summed E-state index contributed by atoms with van der Waals surface area (Å²) < 4.78 is 0.757. The lowest BCUT2D eigenvalue weighted by molar-refractivity contribution is 1.03. The van der Waals surface area contributed by atoms with Gasteiger partial charge < -0.3 is 0 Å². The lowest BCUT2D eigenvalue weighted by Crippen LogP contribution is -1.88. The van der Waals surface area contributed by atoms with Gasteiger partial charge in [-0.2, -0.15) is 0 Å². The zero-order valence-electron chi connectivity index (χ0n) is 7.11. The van der Waals surface area contributed by atoms with Crippen molar-refractivity contribution in [3.63, 3.8) is 0 Å². The molecule has 0 atom stereocenters. The van der Waals surface area contributed by atoms with Crippen molar-refractivity contribution in [2.45, 2.75) is 0 Å². The Labute approximate surface area is 95.1 Å². The molecule has 0 aliphatic carbocycles. The molecule has 0 aliphatic rings. The number of hydrogen-bond donors (Lipinski definition) is 0. The highest BCUT2D eigenvalue weighted by atomic mass is 79.9. The molecule has 0 amide bonds. The molecule has 70 valence electrons. The molecule has 2 nitrogen and oxygen atoms in total. The van der Waals surface area contributed by atoms with Gasteiger partial charge in [0.05, 0.1) is 10.2 Å². The summed E-state index contributed by atoms with van der Waals surface area (Å²) in [5.41, 5.74) is 1.83. The van der Waals surface area contributed by atoms with Crippen molar-refractivity contribution >= 4 is 27.5 Å². The molecule has 0 saturated heterocycles. The van der Waals surface area contributed by atoms with Crippen LogP contribution in [0.1, 0.15) is 0 Å². The SMILES string of the molecule is Clc1nnc(-c2ccccc2)cc1Br. The molecule has 4 heteroatoms. The van der Waals surface area contributed by atoms with Crippen molar-refractivity contribution in [3.05, 3.63) is 46.0 Å². The van der Waals surface area contributed by atoms with Crippen LogP contribution in [0.15, 0.2) is 40.9 Å². The zero-order chi connectivity index (χ0) is 9.97. The van der Waals surface area contributed by atoms with E-state index in [1.165, 1.54) is 0 Å². The fraction of sp³-hybridized carbons (Fsp3) is 0. The minimum absolute atomic E-state index is 0.379. The van der Waals surface area contributed by atoms with Crippen LogP contribution in [-0.2, 0) is 0 Å². The van der Waals surface area contributed by atoms with E-state index in [1.54, 1.807) is 0 Å². The van der Waals surface area contributed by atoms with Gasteiger partial charge in [-0.1, -0.05) is 41.9 Å². The lowest BCUT2D eigenvalue weighted by atomic mass is 10.1. The first-order chi connectivity index (χ1) is 6.77. The first-order valence-corrected chi connectivity index (χ1v) is 5.18. The Kier molecular flexibility index (Phi) is 2.79. The molecule has 0 bridgehead atoms. The third-order valence-electron chi connectivity index (χ3n) is 1.78. The zero-order valence-corrected chi connectivity index (χ0v) is 9.46. The van der Waals surface area contributed by atoms with Crippen molar-refractivity contribution in [3.8, 4) is 11.3 Å². The standard InChI is InChI=1S/C10H6BrClN2/c11-8-6-9(13-14-10(8)12)7-4-2-1-3-5-7/h1-6H. The van der Waals surface area contributed by atoms with E-state index in [4.69, 9.17) is 11.6 Å². The molecule has 0 aliphatic heterocycles. The summed E-state index contributed by atoms with van der Waals surface area (Å²) in [5.74, 6) is 0. The summed E-state index contributed by atoms with van der Waals surface area (Å²) >= 11 is 9.06. The first-order valence-electron chi connectivity index (χ1n) is 4.01. The topological polar surface area (TPSA) is 25.8 Å². The largest absolute Gasteiger partial charge is 0.165 e. The van der Waals surface area contributed by atoms with Crippen LogP contribution in [-0.4, -0.2) is 10.2 Å². The van der Waals surface area contributed by atoms with E-state index in [0.29, 0.717) is 5.15 Å². The van der Waals surface area contributed by atoms with E-state index < -0.39 is 0 Å². The monoisotopic (exact) mass is 268 g/mol. The molecule has 0 radical (unpaired) electrons. The van der Waals surface area contributed by atoms with Gasteiger partial charge in [-0.3, -0.25) is 0 Å². The Morgan fingerprint density at radius 3 is 2.43 bits per heavy atom. The van der Waals surface area contributed by atoms with Crippen LogP contribution in [0.4, 0.5) is 0 Å². The van der Waals surface area contributed by atoms with Gasteiger partial charge in [-0.05, 0) is 22.0 Å². The Bertz CT molecular complexity index is 445. The molecule has 0 N–H and O–H groups in total. The molecular weight excluding hydrogens is 263 g/mol. The molecule has 0 spiro atoms. The van der Waals surface area contributed by atoms with E-state index in [2.05, 4.69) is 26.1 Å². The Balaban J connectivity index is 2.48. The lowest BCUT2D eigenvalue weighted by Gasteiger charge is -2.00. The van der Waals surface area contributed by atoms with Crippen LogP contribution < -0.4 is 0 Å². The molecule has 1 aromatic heterocycles. The maximum Gasteiger partial charge on any atom is 0.165 e. The molecular formula is C10H6BrClN2. The summed E-state index contributed by atoms with van der Waals surface area (Å²) in [6, 6.07) is 11.7. The van der Waals surface area contributed by atoms with E-state index in [-0.39, 0.29) is 0 Å². The maximum atomic E-state index is 5.75. The van der Waals surface area contributed by atoms with Crippen LogP contribution in [0, 0.1) is 0 Å². The first kappa shape index (κ1) is 9.62. The summed E-state index contributed by atoms with van der Waals surface area (Å²) in [7, 11) is 0. The number of benzene rings is 1. The molecule has 0 unspecified atom stereocenters. The fourth-order valence-corrected chi connectivity index (χ4v) is 1.49. The molecule has 2 rings (SSSR count). The predicted octanol–water partition coefficient (Wildman–Crippen LogP) is 3.56. The highest BCUT2D eigenvalue weighted by molar-refractivity contribution is 9.10. The number of halogens is 2. The number of aromatic nitrogens is 2. The summed E-state index contributed by atoms with van der Waals surface area (Å²) in [5, 5.41) is 8.20. The van der Waals surface area contributed by atoms with Gasteiger partial charge in [0.2, 0.25) is 0 Å². The van der Waals surface area contributed by atoms with Crippen LogP contribution >= 0.6 is 27.5 Å². The Hall–Kier alpha value is -0.930. The van der Waals surface area contributed by atoms with Crippen LogP contribution in [0.3, 0.4) is 0 Å². The highest BCUT2D eigenvalue weighted by Crippen LogP contribution is 2.24. The van der Waals surface area contributed by atoms with Crippen LogP contribution in [0.2, 0.25) is 5.15 Å². The smallest absolute Gasteiger partial charge is 0.149 e. The van der Waals surface area contributed by atoms with Crippen LogP contribution in [0.25, 0.3) is 11.3 Å². The molecule has 0 fully saturated rings. The number of hydrogen-bond acceptors (Lipinski definition) is 2. The molecule has 1 aromatic carbocycles. The van der Waals surface area contributed by atoms with Crippen molar-refractivity contribution in [2.75, 3.05) is 0 Å². The van der Waals surface area contributed by atoms with E-state index >= 15 is 0 Å². The molecule has 0 saturated carbocycles. The quantitative estimate of drug-likeness (QED) is 0.791. The minimum Gasteiger partial charge on any atom is -0.149 e. The van der Waals surface area contributed by atoms with Gasteiger partial charge in [-0.15, -0.1) is 10.2 Å². The summed E-state index contributed by atoms with van der Waals surface area (Å²) in [6.07, 6.45) is 0. The second kappa shape index (κ2) is 4.07. The highest BCUT2D eigenvalue weighted by Gasteiger charge is 2.03. The van der Waals surface area contributed by atoms with Crippen molar-refractivity contribution in [1.82, 2.24) is 10.2 Å². The van der Waals surface area contributed by atoms with Gasteiger partial charge in [0, 0.05) is 5.56 Å². The van der Waals surface area contributed by atoms with E-state index in [0.717, 1.165) is 15.7 Å². The molecule has 1 heterocycles. The number of rotatable bonds is 1. The second-order valence-corrected chi connectivity index (χ2v) is 3.95. The van der Waals surface area contributed by atoms with E-state index in [9.17, 15) is 0 Å². The average molecular weight is 270 g/mol. The second-order valence-electron chi connectivity index (χ2n) is 2.73. The van der Waals surface area contributed by atoms with E-state index in [1.807, 2.05) is 36.4 Å². The third kappa shape index (κ3) is 1.94. The maximum absolute atomic E-state index is 5.75. The van der Waals surface area contributed by atoms with Gasteiger partial charge in [-0.25, -0.2) is 0 Å². The Morgan fingerprint density at radius 2 is 1.79 bits per heavy atom. The van der Waals surface area contributed by atoms with Gasteiger partial charge >= 0.3 is 0 Å². The predicted molar refractivity (Wildman–Crippen MR) is 60.2 cm³/mol. The van der Waals surface area contributed by atoms with Crippen molar-refractivity contribution < 1.29 is 0 Å². The molecule has 2 aromatic rings. The number of nitrogens with zero attached hydrogens (tertiary/aromatic N) is 2. The van der Waals surface area contributed by atoms with Gasteiger partial charge in [0.1, 0.15) is 0 Å². The van der Waals surface area contributed by atoms with Gasteiger partial charge in [0.15, 0.2) is 5.15 Å². The average Bonchev–Trinajstić information content (AvgIpc) is 2.23. The summed E-state index contributed by atoms with van der Waals surface area (Å²) in [6.45, 7) is 0. The van der Waals surface area contributed by atoms with Crippen molar-refractivity contribution in [1.29, 1.82) is 0 Å². The normalized spacial score (nSPS) is 10.1. The van der Waals surface area contributed by atoms with Crippen LogP contribution in [0.5, 0.6) is 0 Å². The minimum atomic E-state index is 0.379. The van der Waals surface area contributed by atoms with Gasteiger partial charge in [0.25, 0.3) is 0 Å². The van der Waals surface area contributed by atoms with Crippen molar-refractivity contribution in [2.24, 2.45) is 0 Å². The molecule has 14 heavy (non-hydrogen) atoms. The Morgan fingerprint density at radius 1 is 1.07 bits per heavy atom. The summed E-state index contributed by atoms with van der Waals surface area (Å²) in [4.78, 5) is 0. The third-order valence-corrected chi connectivity index (χ3v) is 2.89. The fourth-order valence-electron chi connectivity index (χ4n) is 1.10.